The van der Waals surface area contributed by atoms with Crippen molar-refractivity contribution in [3.05, 3.63) is 34.3 Å². The van der Waals surface area contributed by atoms with Crippen LogP contribution in [0, 0.1) is 5.41 Å². The minimum absolute atomic E-state index is 0.349. The Balaban J connectivity index is 2.18. The fourth-order valence-corrected chi connectivity index (χ4v) is 3.36. The van der Waals surface area contributed by atoms with Crippen LogP contribution in [0.2, 0.25) is 0 Å². The van der Waals surface area contributed by atoms with E-state index in [1.807, 2.05) is 0 Å². The monoisotopic (exact) mass is 310 g/mol. The van der Waals surface area contributed by atoms with Gasteiger partial charge < -0.3 is 5.73 Å². The lowest BCUT2D eigenvalue weighted by Gasteiger charge is -2.42. The Kier molecular flexibility index (Phi) is 4.46. The first-order valence-electron chi connectivity index (χ1n) is 6.71. The minimum Gasteiger partial charge on any atom is -0.329 e. The van der Waals surface area contributed by atoms with Crippen LogP contribution in [0.1, 0.15) is 38.3 Å². The summed E-state index contributed by atoms with van der Waals surface area (Å²) < 4.78 is 1.13. The molecule has 1 aromatic carbocycles. The third-order valence-corrected chi connectivity index (χ3v) is 4.32. The molecule has 100 valence electrons. The standard InChI is InChI=1S/C15H23BrN2/c1-15(2)7-4-8-18(11-15)14(10-17)12-5-3-6-13(16)9-12/h3,5-6,9,14H,4,7-8,10-11,17H2,1-2H3. The highest BCUT2D eigenvalue weighted by molar-refractivity contribution is 9.10. The van der Waals surface area contributed by atoms with Gasteiger partial charge >= 0.3 is 0 Å². The molecule has 1 unspecified atom stereocenters. The Morgan fingerprint density at radius 3 is 2.83 bits per heavy atom. The van der Waals surface area contributed by atoms with Gasteiger partial charge in [-0.15, -0.1) is 0 Å². The Labute approximate surface area is 119 Å². The van der Waals surface area contributed by atoms with Crippen molar-refractivity contribution in [2.45, 2.75) is 32.7 Å². The van der Waals surface area contributed by atoms with Crippen LogP contribution in [0.5, 0.6) is 0 Å². The van der Waals surface area contributed by atoms with Crippen molar-refractivity contribution in [3.63, 3.8) is 0 Å². The highest BCUT2D eigenvalue weighted by Gasteiger charge is 2.30. The zero-order chi connectivity index (χ0) is 13.2. The first-order chi connectivity index (χ1) is 8.52. The summed E-state index contributed by atoms with van der Waals surface area (Å²) in [5.41, 5.74) is 7.76. The molecule has 0 saturated carbocycles. The first kappa shape index (κ1) is 14.0. The molecule has 1 aromatic rings. The molecule has 0 spiro atoms. The molecule has 1 aliphatic rings. The highest BCUT2D eigenvalue weighted by Crippen LogP contribution is 2.33. The molecule has 2 nitrogen and oxygen atoms in total. The summed E-state index contributed by atoms with van der Waals surface area (Å²) in [6.07, 6.45) is 2.59. The summed E-state index contributed by atoms with van der Waals surface area (Å²) in [4.78, 5) is 2.55. The summed E-state index contributed by atoms with van der Waals surface area (Å²) >= 11 is 3.55. The number of hydrogen-bond acceptors (Lipinski definition) is 2. The molecule has 0 radical (unpaired) electrons. The lowest BCUT2D eigenvalue weighted by atomic mass is 9.83. The molecule has 0 aromatic heterocycles. The molecule has 2 rings (SSSR count). The van der Waals surface area contributed by atoms with Gasteiger partial charge in [0.1, 0.15) is 0 Å². The van der Waals surface area contributed by atoms with Gasteiger partial charge in [0, 0.05) is 23.6 Å². The Morgan fingerprint density at radius 2 is 2.22 bits per heavy atom. The van der Waals surface area contributed by atoms with Crippen molar-refractivity contribution in [2.75, 3.05) is 19.6 Å². The molecule has 1 aliphatic heterocycles. The second-order valence-corrected chi connectivity index (χ2v) is 6.96. The number of hydrogen-bond donors (Lipinski definition) is 1. The lowest BCUT2D eigenvalue weighted by Crippen LogP contribution is -2.44. The van der Waals surface area contributed by atoms with Crippen LogP contribution in [0.3, 0.4) is 0 Å². The van der Waals surface area contributed by atoms with Gasteiger partial charge in [0.2, 0.25) is 0 Å². The molecule has 3 heteroatoms. The lowest BCUT2D eigenvalue weighted by molar-refractivity contribution is 0.0806. The van der Waals surface area contributed by atoms with Crippen molar-refractivity contribution >= 4 is 15.9 Å². The molecule has 1 heterocycles. The van der Waals surface area contributed by atoms with Gasteiger partial charge in [-0.2, -0.15) is 0 Å². The fraction of sp³-hybridized carbons (Fsp3) is 0.600. The molecule has 1 saturated heterocycles. The van der Waals surface area contributed by atoms with Crippen LogP contribution in [0.4, 0.5) is 0 Å². The minimum atomic E-state index is 0.349. The van der Waals surface area contributed by atoms with Crippen molar-refractivity contribution in [2.24, 2.45) is 11.1 Å². The van der Waals surface area contributed by atoms with E-state index in [2.05, 4.69) is 58.9 Å². The molecule has 1 atom stereocenters. The Bertz CT molecular complexity index is 403. The van der Waals surface area contributed by atoms with E-state index in [9.17, 15) is 0 Å². The quantitative estimate of drug-likeness (QED) is 0.924. The van der Waals surface area contributed by atoms with Crippen LogP contribution >= 0.6 is 15.9 Å². The predicted octanol–water partition coefficient (Wildman–Crippen LogP) is 3.57. The van der Waals surface area contributed by atoms with E-state index in [1.54, 1.807) is 0 Å². The smallest absolute Gasteiger partial charge is 0.0471 e. The number of benzene rings is 1. The Hall–Kier alpha value is -0.380. The second kappa shape index (κ2) is 5.72. The van der Waals surface area contributed by atoms with Gasteiger partial charge in [0.25, 0.3) is 0 Å². The number of nitrogens with two attached hydrogens (primary N) is 1. The zero-order valence-corrected chi connectivity index (χ0v) is 12.9. The summed E-state index contributed by atoms with van der Waals surface area (Å²) in [5.74, 6) is 0. The van der Waals surface area contributed by atoms with E-state index < -0.39 is 0 Å². The van der Waals surface area contributed by atoms with Crippen molar-refractivity contribution in [1.29, 1.82) is 0 Å². The van der Waals surface area contributed by atoms with Gasteiger partial charge in [0.05, 0.1) is 0 Å². The van der Waals surface area contributed by atoms with Gasteiger partial charge in [-0.1, -0.05) is 41.9 Å². The summed E-state index contributed by atoms with van der Waals surface area (Å²) in [7, 11) is 0. The van der Waals surface area contributed by atoms with Crippen molar-refractivity contribution in [3.8, 4) is 0 Å². The van der Waals surface area contributed by atoms with E-state index in [-0.39, 0.29) is 0 Å². The van der Waals surface area contributed by atoms with E-state index >= 15 is 0 Å². The molecule has 0 bridgehead atoms. The largest absolute Gasteiger partial charge is 0.329 e. The van der Waals surface area contributed by atoms with Crippen LogP contribution < -0.4 is 5.73 Å². The van der Waals surface area contributed by atoms with Crippen molar-refractivity contribution < 1.29 is 0 Å². The molecule has 1 fully saturated rings. The molecule has 18 heavy (non-hydrogen) atoms. The SMILES string of the molecule is CC1(C)CCCN(C(CN)c2cccc(Br)c2)C1. The third kappa shape index (κ3) is 3.34. The highest BCUT2D eigenvalue weighted by atomic mass is 79.9. The van der Waals surface area contributed by atoms with E-state index in [0.717, 1.165) is 17.6 Å². The van der Waals surface area contributed by atoms with E-state index in [4.69, 9.17) is 5.73 Å². The fourth-order valence-electron chi connectivity index (χ4n) is 2.94. The van der Waals surface area contributed by atoms with Gasteiger partial charge in [-0.25, -0.2) is 0 Å². The average Bonchev–Trinajstić information content (AvgIpc) is 2.29. The third-order valence-electron chi connectivity index (χ3n) is 3.83. The van der Waals surface area contributed by atoms with Crippen LogP contribution in [0.25, 0.3) is 0 Å². The maximum absolute atomic E-state index is 6.02. The van der Waals surface area contributed by atoms with E-state index in [1.165, 1.54) is 18.4 Å². The molecular weight excluding hydrogens is 288 g/mol. The molecule has 2 N–H and O–H groups in total. The van der Waals surface area contributed by atoms with Crippen LogP contribution in [0.15, 0.2) is 28.7 Å². The number of halogens is 1. The summed E-state index contributed by atoms with van der Waals surface area (Å²) in [6.45, 7) is 7.70. The van der Waals surface area contributed by atoms with Crippen molar-refractivity contribution in [1.82, 2.24) is 4.90 Å². The maximum Gasteiger partial charge on any atom is 0.0471 e. The number of rotatable bonds is 3. The molecule has 0 aliphatic carbocycles. The first-order valence-corrected chi connectivity index (χ1v) is 7.51. The van der Waals surface area contributed by atoms with Gasteiger partial charge in [-0.3, -0.25) is 4.90 Å². The number of likely N-dealkylation sites (tertiary alicyclic amines) is 1. The number of piperidine rings is 1. The average molecular weight is 311 g/mol. The second-order valence-electron chi connectivity index (χ2n) is 6.04. The number of nitrogens with zero attached hydrogens (tertiary/aromatic N) is 1. The van der Waals surface area contributed by atoms with Gasteiger partial charge in [0.15, 0.2) is 0 Å². The zero-order valence-electron chi connectivity index (χ0n) is 11.3. The summed E-state index contributed by atoms with van der Waals surface area (Å²) in [5, 5.41) is 0. The summed E-state index contributed by atoms with van der Waals surface area (Å²) in [6, 6.07) is 8.89. The normalized spacial score (nSPS) is 21.8. The topological polar surface area (TPSA) is 29.3 Å². The molecule has 0 amide bonds. The maximum atomic E-state index is 6.02. The Morgan fingerprint density at radius 1 is 1.44 bits per heavy atom. The molecular formula is C15H23BrN2. The predicted molar refractivity (Wildman–Crippen MR) is 80.5 cm³/mol. The van der Waals surface area contributed by atoms with Gasteiger partial charge in [-0.05, 0) is 42.5 Å². The van der Waals surface area contributed by atoms with Crippen LogP contribution in [-0.4, -0.2) is 24.5 Å². The van der Waals surface area contributed by atoms with E-state index in [0.29, 0.717) is 18.0 Å². The van der Waals surface area contributed by atoms with Crippen LogP contribution in [-0.2, 0) is 0 Å².